The number of halogens is 3. The first-order valence-electron chi connectivity index (χ1n) is 11.4. The summed E-state index contributed by atoms with van der Waals surface area (Å²) < 4.78 is 47.7. The van der Waals surface area contributed by atoms with Gasteiger partial charge in [0.2, 0.25) is 5.95 Å². The van der Waals surface area contributed by atoms with Gasteiger partial charge in [-0.2, -0.15) is 23.3 Å². The molecule has 1 aliphatic rings. The molecular formula is C23H24F3N7O2. The molecule has 0 bridgehead atoms. The van der Waals surface area contributed by atoms with E-state index in [4.69, 9.17) is 4.74 Å². The molecule has 1 fully saturated rings. The number of ether oxygens (including phenoxy) is 1. The van der Waals surface area contributed by atoms with Gasteiger partial charge in [0.15, 0.2) is 11.2 Å². The maximum Gasteiger partial charge on any atom is 0.416 e. The van der Waals surface area contributed by atoms with Crippen molar-refractivity contribution in [2.45, 2.75) is 32.6 Å². The van der Waals surface area contributed by atoms with Crippen molar-refractivity contribution in [1.29, 1.82) is 0 Å². The number of rotatable bonds is 6. The largest absolute Gasteiger partial charge is 0.416 e. The minimum absolute atomic E-state index is 0.160. The summed E-state index contributed by atoms with van der Waals surface area (Å²) in [6.45, 7) is 5.10. The Kier molecular flexibility index (Phi) is 6.05. The van der Waals surface area contributed by atoms with E-state index in [2.05, 4.69) is 20.1 Å². The van der Waals surface area contributed by atoms with E-state index in [0.29, 0.717) is 66.9 Å². The van der Waals surface area contributed by atoms with Crippen LogP contribution in [-0.2, 0) is 24.0 Å². The molecule has 1 saturated heterocycles. The topological polar surface area (TPSA) is 93.9 Å². The number of nitrogens with zero attached hydrogens (tertiary/aromatic N) is 6. The van der Waals surface area contributed by atoms with E-state index in [1.165, 1.54) is 10.7 Å². The zero-order valence-electron chi connectivity index (χ0n) is 19.0. The van der Waals surface area contributed by atoms with Crippen molar-refractivity contribution in [3.8, 4) is 11.4 Å². The Labute approximate surface area is 198 Å². The first kappa shape index (κ1) is 23.1. The first-order chi connectivity index (χ1) is 16.8. The fraction of sp³-hybridized carbons (Fsp3) is 0.391. The average Bonchev–Trinajstić information content (AvgIpc) is 3.48. The number of hydrogen-bond acceptors (Lipinski definition) is 6. The highest BCUT2D eigenvalue weighted by atomic mass is 19.4. The number of fused-ring (bicyclic) bond motifs is 1. The molecule has 12 heteroatoms. The molecule has 184 valence electrons. The number of alkyl halides is 3. The molecule has 35 heavy (non-hydrogen) atoms. The van der Waals surface area contributed by atoms with E-state index in [0.717, 1.165) is 18.6 Å². The van der Waals surface area contributed by atoms with Crippen LogP contribution in [0.5, 0.6) is 0 Å². The monoisotopic (exact) mass is 487 g/mol. The highest BCUT2D eigenvalue weighted by Crippen LogP contribution is 2.29. The molecule has 9 nitrogen and oxygen atoms in total. The van der Waals surface area contributed by atoms with Gasteiger partial charge in [0.05, 0.1) is 37.1 Å². The molecule has 0 atom stereocenters. The number of morpholine rings is 1. The molecular weight excluding hydrogens is 463 g/mol. The van der Waals surface area contributed by atoms with Crippen molar-refractivity contribution in [2.75, 3.05) is 31.2 Å². The normalized spacial score (nSPS) is 14.7. The summed E-state index contributed by atoms with van der Waals surface area (Å²) in [6, 6.07) is 5.14. The third-order valence-corrected chi connectivity index (χ3v) is 5.84. The summed E-state index contributed by atoms with van der Waals surface area (Å²) in [5.74, 6) is 0.994. The predicted molar refractivity (Wildman–Crippen MR) is 123 cm³/mol. The van der Waals surface area contributed by atoms with Crippen molar-refractivity contribution in [3.05, 3.63) is 58.1 Å². The molecule has 5 rings (SSSR count). The maximum absolute atomic E-state index is 13.3. The van der Waals surface area contributed by atoms with Gasteiger partial charge in [0.25, 0.3) is 5.56 Å². The van der Waals surface area contributed by atoms with Gasteiger partial charge in [-0.15, -0.1) is 0 Å². The van der Waals surface area contributed by atoms with Gasteiger partial charge in [-0.05, 0) is 24.1 Å². The van der Waals surface area contributed by atoms with E-state index in [1.807, 2.05) is 11.8 Å². The maximum atomic E-state index is 13.3. The van der Waals surface area contributed by atoms with E-state index >= 15 is 0 Å². The molecule has 1 N–H and O–H groups in total. The number of anilines is 1. The number of hydrogen-bond donors (Lipinski definition) is 1. The summed E-state index contributed by atoms with van der Waals surface area (Å²) in [5, 5.41) is 4.26. The Balaban J connectivity index is 1.46. The fourth-order valence-corrected chi connectivity index (χ4v) is 4.15. The van der Waals surface area contributed by atoms with Gasteiger partial charge in [-0.1, -0.05) is 19.1 Å². The number of aromatic amines is 1. The number of aromatic nitrogens is 6. The van der Waals surface area contributed by atoms with E-state index in [-0.39, 0.29) is 12.1 Å². The Morgan fingerprint density at radius 1 is 1.17 bits per heavy atom. The Bertz CT molecular complexity index is 1400. The second-order valence-corrected chi connectivity index (χ2v) is 8.38. The number of H-pyrrole nitrogens is 1. The highest BCUT2D eigenvalue weighted by Gasteiger charge is 2.30. The summed E-state index contributed by atoms with van der Waals surface area (Å²) in [7, 11) is 0. The minimum Gasteiger partial charge on any atom is -0.378 e. The fourth-order valence-electron chi connectivity index (χ4n) is 4.15. The van der Waals surface area contributed by atoms with Crippen LogP contribution in [0.25, 0.3) is 22.6 Å². The summed E-state index contributed by atoms with van der Waals surface area (Å²) in [6.07, 6.45) is -0.407. The predicted octanol–water partition coefficient (Wildman–Crippen LogP) is 3.30. The molecule has 0 spiro atoms. The second-order valence-electron chi connectivity index (χ2n) is 8.38. The third-order valence-electron chi connectivity index (χ3n) is 5.84. The standard InChI is InChI=1S/C23H24F3N7O2/c1-2-6-33-21(34)18-20(30-22(33)31-7-9-35-10-8-31)29-19(28-18)16-12-27-32(14-16)13-15-4-3-5-17(11-15)23(24,25)26/h3-5,11-12,14H,2,6-10,13H2,1H3,(H,28,29). The van der Waals surface area contributed by atoms with Gasteiger partial charge in [-0.3, -0.25) is 14.0 Å². The molecule has 0 amide bonds. The quantitative estimate of drug-likeness (QED) is 0.449. The lowest BCUT2D eigenvalue weighted by molar-refractivity contribution is -0.137. The van der Waals surface area contributed by atoms with Gasteiger partial charge < -0.3 is 14.6 Å². The van der Waals surface area contributed by atoms with Gasteiger partial charge in [0, 0.05) is 25.8 Å². The molecule has 3 aromatic heterocycles. The highest BCUT2D eigenvalue weighted by molar-refractivity contribution is 5.76. The summed E-state index contributed by atoms with van der Waals surface area (Å²) in [4.78, 5) is 27.6. The molecule has 1 aliphatic heterocycles. The van der Waals surface area contributed by atoms with Crippen molar-refractivity contribution in [2.24, 2.45) is 0 Å². The van der Waals surface area contributed by atoms with Crippen LogP contribution in [0, 0.1) is 0 Å². The molecule has 4 heterocycles. The number of imidazole rings is 1. The molecule has 1 aromatic carbocycles. The SMILES string of the molecule is CCCn1c(N2CCOCC2)nc2nc(-c3cnn(Cc4cccc(C(F)(F)F)c4)c3)[nH]c2c1=O. The Hall–Kier alpha value is -3.67. The Morgan fingerprint density at radius 3 is 2.71 bits per heavy atom. The molecule has 0 radical (unpaired) electrons. The zero-order chi connectivity index (χ0) is 24.6. The minimum atomic E-state index is -4.41. The van der Waals surface area contributed by atoms with E-state index < -0.39 is 11.7 Å². The summed E-state index contributed by atoms with van der Waals surface area (Å²) in [5.41, 5.74) is 0.780. The molecule has 4 aromatic rings. The lowest BCUT2D eigenvalue weighted by atomic mass is 10.1. The lowest BCUT2D eigenvalue weighted by Crippen LogP contribution is -2.40. The second kappa shape index (κ2) is 9.17. The summed E-state index contributed by atoms with van der Waals surface area (Å²) >= 11 is 0. The Morgan fingerprint density at radius 2 is 1.97 bits per heavy atom. The van der Waals surface area contributed by atoms with Crippen LogP contribution in [0.3, 0.4) is 0 Å². The van der Waals surface area contributed by atoms with Crippen LogP contribution in [0.15, 0.2) is 41.5 Å². The smallest absolute Gasteiger partial charge is 0.378 e. The van der Waals surface area contributed by atoms with Crippen molar-refractivity contribution >= 4 is 17.1 Å². The lowest BCUT2D eigenvalue weighted by Gasteiger charge is -2.29. The average molecular weight is 487 g/mol. The first-order valence-corrected chi connectivity index (χ1v) is 11.4. The van der Waals surface area contributed by atoms with Crippen LogP contribution in [0.2, 0.25) is 0 Å². The zero-order valence-corrected chi connectivity index (χ0v) is 19.0. The van der Waals surface area contributed by atoms with Crippen LogP contribution in [0.1, 0.15) is 24.5 Å². The number of benzene rings is 1. The van der Waals surface area contributed by atoms with Crippen molar-refractivity contribution in [1.82, 2.24) is 29.3 Å². The molecule has 0 aliphatic carbocycles. The van der Waals surface area contributed by atoms with Crippen LogP contribution >= 0.6 is 0 Å². The van der Waals surface area contributed by atoms with Gasteiger partial charge in [0.1, 0.15) is 5.82 Å². The van der Waals surface area contributed by atoms with Crippen molar-refractivity contribution in [3.63, 3.8) is 0 Å². The van der Waals surface area contributed by atoms with E-state index in [1.54, 1.807) is 23.0 Å². The van der Waals surface area contributed by atoms with Gasteiger partial charge >= 0.3 is 6.18 Å². The molecule has 0 unspecified atom stereocenters. The van der Waals surface area contributed by atoms with Crippen LogP contribution in [-0.4, -0.2) is 55.6 Å². The molecule has 0 saturated carbocycles. The number of nitrogens with one attached hydrogen (secondary N) is 1. The van der Waals surface area contributed by atoms with Crippen LogP contribution < -0.4 is 10.5 Å². The van der Waals surface area contributed by atoms with Crippen LogP contribution in [0.4, 0.5) is 19.1 Å². The van der Waals surface area contributed by atoms with E-state index in [9.17, 15) is 18.0 Å². The van der Waals surface area contributed by atoms with Gasteiger partial charge in [-0.25, -0.2) is 4.98 Å². The van der Waals surface area contributed by atoms with Crippen molar-refractivity contribution < 1.29 is 17.9 Å². The third kappa shape index (κ3) is 4.65.